The molecule has 0 fully saturated rings. The Balaban J connectivity index is 2.59. The highest BCUT2D eigenvalue weighted by Gasteiger charge is 2.13. The molecule has 18 heavy (non-hydrogen) atoms. The highest BCUT2D eigenvalue weighted by molar-refractivity contribution is 5.97. The highest BCUT2D eigenvalue weighted by atomic mass is 19.1. The predicted molar refractivity (Wildman–Crippen MR) is 72.3 cm³/mol. The van der Waals surface area contributed by atoms with Crippen LogP contribution < -0.4 is 0 Å². The van der Waals surface area contributed by atoms with Crippen molar-refractivity contribution >= 4 is 5.78 Å². The van der Waals surface area contributed by atoms with Crippen molar-refractivity contribution < 1.29 is 9.18 Å². The third kappa shape index (κ3) is 4.57. The molecule has 0 aliphatic carbocycles. The fourth-order valence-electron chi connectivity index (χ4n) is 1.81. The second-order valence-electron chi connectivity index (χ2n) is 4.77. The highest BCUT2D eigenvalue weighted by Crippen LogP contribution is 2.08. The Morgan fingerprint density at radius 3 is 2.39 bits per heavy atom. The number of benzene rings is 1. The average molecular weight is 251 g/mol. The van der Waals surface area contributed by atoms with Crippen molar-refractivity contribution in [2.75, 3.05) is 19.6 Å². The van der Waals surface area contributed by atoms with Gasteiger partial charge < -0.3 is 0 Å². The van der Waals surface area contributed by atoms with Crippen molar-refractivity contribution in [1.82, 2.24) is 4.90 Å². The number of likely N-dealkylation sites (N-methyl/N-ethyl adjacent to an activating group) is 1. The van der Waals surface area contributed by atoms with Crippen LogP contribution in [0.3, 0.4) is 0 Å². The SMILES string of the molecule is CCC(C)CN(CC)CC(=O)c1ccc(F)cc1. The molecule has 1 aromatic carbocycles. The van der Waals surface area contributed by atoms with E-state index in [1.165, 1.54) is 12.1 Å². The monoisotopic (exact) mass is 251 g/mol. The molecule has 1 atom stereocenters. The summed E-state index contributed by atoms with van der Waals surface area (Å²) in [6, 6.07) is 5.76. The average Bonchev–Trinajstić information content (AvgIpc) is 2.38. The normalized spacial score (nSPS) is 12.7. The number of halogens is 1. The predicted octanol–water partition coefficient (Wildman–Crippen LogP) is 3.38. The van der Waals surface area contributed by atoms with Gasteiger partial charge in [0.15, 0.2) is 5.78 Å². The minimum absolute atomic E-state index is 0.0557. The minimum atomic E-state index is -0.307. The van der Waals surface area contributed by atoms with E-state index in [0.717, 1.165) is 19.5 Å². The van der Waals surface area contributed by atoms with Crippen LogP contribution in [-0.4, -0.2) is 30.3 Å². The molecule has 1 aromatic rings. The van der Waals surface area contributed by atoms with Gasteiger partial charge in [0.2, 0.25) is 0 Å². The van der Waals surface area contributed by atoms with Crippen LogP contribution in [0, 0.1) is 11.7 Å². The minimum Gasteiger partial charge on any atom is -0.296 e. The lowest BCUT2D eigenvalue weighted by Gasteiger charge is -2.22. The van der Waals surface area contributed by atoms with Crippen molar-refractivity contribution in [3.63, 3.8) is 0 Å². The van der Waals surface area contributed by atoms with E-state index in [4.69, 9.17) is 0 Å². The van der Waals surface area contributed by atoms with Gasteiger partial charge in [0, 0.05) is 12.1 Å². The maximum absolute atomic E-state index is 12.8. The number of rotatable bonds is 7. The van der Waals surface area contributed by atoms with E-state index < -0.39 is 0 Å². The van der Waals surface area contributed by atoms with Gasteiger partial charge in [0.25, 0.3) is 0 Å². The molecule has 1 unspecified atom stereocenters. The number of nitrogens with zero attached hydrogens (tertiary/aromatic N) is 1. The lowest BCUT2D eigenvalue weighted by atomic mass is 10.1. The Kier molecular flexibility index (Phi) is 5.99. The standard InChI is InChI=1S/C15H22FNO/c1-4-12(3)10-17(5-2)11-15(18)13-6-8-14(16)9-7-13/h6-9,12H,4-5,10-11H2,1-3H3. The molecule has 0 saturated carbocycles. The first-order chi connectivity index (χ1) is 8.56. The van der Waals surface area contributed by atoms with Crippen molar-refractivity contribution in [2.24, 2.45) is 5.92 Å². The van der Waals surface area contributed by atoms with E-state index in [-0.39, 0.29) is 11.6 Å². The molecular formula is C15H22FNO. The Hall–Kier alpha value is -1.22. The second-order valence-corrected chi connectivity index (χ2v) is 4.77. The molecule has 1 rings (SSSR count). The maximum Gasteiger partial charge on any atom is 0.176 e. The lowest BCUT2D eigenvalue weighted by molar-refractivity contribution is 0.0924. The molecule has 0 radical (unpaired) electrons. The zero-order valence-electron chi connectivity index (χ0n) is 11.4. The fraction of sp³-hybridized carbons (Fsp3) is 0.533. The van der Waals surface area contributed by atoms with Gasteiger partial charge in [0.1, 0.15) is 5.82 Å². The number of carbonyl (C=O) groups is 1. The summed E-state index contributed by atoms with van der Waals surface area (Å²) >= 11 is 0. The molecule has 0 spiro atoms. The van der Waals surface area contributed by atoms with Crippen molar-refractivity contribution in [1.29, 1.82) is 0 Å². The van der Waals surface area contributed by atoms with Crippen LogP contribution in [0.1, 0.15) is 37.6 Å². The van der Waals surface area contributed by atoms with Crippen LogP contribution in [0.15, 0.2) is 24.3 Å². The number of hydrogen-bond donors (Lipinski definition) is 0. The molecule has 0 aliphatic rings. The van der Waals surface area contributed by atoms with Crippen LogP contribution in [0.25, 0.3) is 0 Å². The van der Waals surface area contributed by atoms with E-state index in [2.05, 4.69) is 25.7 Å². The zero-order valence-corrected chi connectivity index (χ0v) is 11.4. The van der Waals surface area contributed by atoms with Gasteiger partial charge in [-0.25, -0.2) is 4.39 Å². The van der Waals surface area contributed by atoms with Crippen LogP contribution in [-0.2, 0) is 0 Å². The van der Waals surface area contributed by atoms with Gasteiger partial charge in [-0.1, -0.05) is 27.2 Å². The quantitative estimate of drug-likeness (QED) is 0.692. The van der Waals surface area contributed by atoms with Crippen LogP contribution >= 0.6 is 0 Å². The first-order valence-corrected chi connectivity index (χ1v) is 6.57. The Labute approximate surface area is 109 Å². The molecule has 0 aromatic heterocycles. The van der Waals surface area contributed by atoms with Crippen LogP contribution in [0.5, 0.6) is 0 Å². The third-order valence-electron chi connectivity index (χ3n) is 3.25. The van der Waals surface area contributed by atoms with E-state index in [1.54, 1.807) is 12.1 Å². The topological polar surface area (TPSA) is 20.3 Å². The first kappa shape index (κ1) is 14.8. The molecule has 0 N–H and O–H groups in total. The molecule has 0 bridgehead atoms. The maximum atomic E-state index is 12.8. The molecule has 3 heteroatoms. The Morgan fingerprint density at radius 2 is 1.89 bits per heavy atom. The summed E-state index contributed by atoms with van der Waals surface area (Å²) < 4.78 is 12.8. The van der Waals surface area contributed by atoms with E-state index >= 15 is 0 Å². The van der Waals surface area contributed by atoms with Gasteiger partial charge in [-0.05, 0) is 36.7 Å². The lowest BCUT2D eigenvalue weighted by Crippen LogP contribution is -2.33. The number of Topliss-reactive ketones (excluding diaryl/α,β-unsaturated/α-hetero) is 1. The Morgan fingerprint density at radius 1 is 1.28 bits per heavy atom. The largest absolute Gasteiger partial charge is 0.296 e. The summed E-state index contributed by atoms with van der Waals surface area (Å²) in [6.45, 7) is 8.59. The van der Waals surface area contributed by atoms with E-state index in [9.17, 15) is 9.18 Å². The third-order valence-corrected chi connectivity index (χ3v) is 3.25. The smallest absolute Gasteiger partial charge is 0.176 e. The number of hydrogen-bond acceptors (Lipinski definition) is 2. The summed E-state index contributed by atoms with van der Waals surface area (Å²) in [5.74, 6) is 0.338. The van der Waals surface area contributed by atoms with E-state index in [1.807, 2.05) is 0 Å². The second kappa shape index (κ2) is 7.27. The van der Waals surface area contributed by atoms with Crippen LogP contribution in [0.4, 0.5) is 4.39 Å². The summed E-state index contributed by atoms with van der Waals surface area (Å²) in [6.07, 6.45) is 1.11. The van der Waals surface area contributed by atoms with Crippen molar-refractivity contribution in [3.05, 3.63) is 35.6 Å². The van der Waals surface area contributed by atoms with Crippen LogP contribution in [0.2, 0.25) is 0 Å². The van der Waals surface area contributed by atoms with Gasteiger partial charge in [-0.3, -0.25) is 9.69 Å². The summed E-state index contributed by atoms with van der Waals surface area (Å²) in [4.78, 5) is 14.2. The van der Waals surface area contributed by atoms with Crippen molar-refractivity contribution in [3.8, 4) is 0 Å². The van der Waals surface area contributed by atoms with Gasteiger partial charge in [0.05, 0.1) is 6.54 Å². The summed E-state index contributed by atoms with van der Waals surface area (Å²) in [7, 11) is 0. The molecule has 0 heterocycles. The van der Waals surface area contributed by atoms with Crippen molar-refractivity contribution in [2.45, 2.75) is 27.2 Å². The van der Waals surface area contributed by atoms with Gasteiger partial charge in [-0.15, -0.1) is 0 Å². The van der Waals surface area contributed by atoms with E-state index in [0.29, 0.717) is 18.0 Å². The van der Waals surface area contributed by atoms with Gasteiger partial charge >= 0.3 is 0 Å². The molecule has 100 valence electrons. The number of carbonyl (C=O) groups excluding carboxylic acids is 1. The number of ketones is 1. The molecule has 0 amide bonds. The fourth-order valence-corrected chi connectivity index (χ4v) is 1.81. The summed E-state index contributed by atoms with van der Waals surface area (Å²) in [5.41, 5.74) is 0.582. The van der Waals surface area contributed by atoms with Gasteiger partial charge in [-0.2, -0.15) is 0 Å². The molecule has 0 saturated heterocycles. The zero-order chi connectivity index (χ0) is 13.5. The molecular weight excluding hydrogens is 229 g/mol. The molecule has 2 nitrogen and oxygen atoms in total. The Bertz CT molecular complexity index is 375. The summed E-state index contributed by atoms with van der Waals surface area (Å²) in [5, 5.41) is 0. The first-order valence-electron chi connectivity index (χ1n) is 6.57. The molecule has 0 aliphatic heterocycles.